The highest BCUT2D eigenvalue weighted by Gasteiger charge is 2.23. The SMILES string of the molecule is CC(C)CN1CCN(c2c(F)cccc2C(C)O)CC1. The van der Waals surface area contributed by atoms with Crippen molar-refractivity contribution in [3.05, 3.63) is 29.6 Å². The molecular weight excluding hydrogens is 255 g/mol. The van der Waals surface area contributed by atoms with Crippen LogP contribution in [-0.2, 0) is 0 Å². The van der Waals surface area contributed by atoms with Crippen molar-refractivity contribution in [1.29, 1.82) is 0 Å². The summed E-state index contributed by atoms with van der Waals surface area (Å²) in [5.74, 6) is 0.420. The number of anilines is 1. The lowest BCUT2D eigenvalue weighted by molar-refractivity contribution is 0.197. The van der Waals surface area contributed by atoms with Gasteiger partial charge in [0.2, 0.25) is 0 Å². The van der Waals surface area contributed by atoms with Gasteiger partial charge in [-0.15, -0.1) is 0 Å². The van der Waals surface area contributed by atoms with Gasteiger partial charge in [-0.2, -0.15) is 0 Å². The number of hydrogen-bond acceptors (Lipinski definition) is 3. The van der Waals surface area contributed by atoms with Gasteiger partial charge in [0.25, 0.3) is 0 Å². The van der Waals surface area contributed by atoms with Crippen molar-refractivity contribution in [3.8, 4) is 0 Å². The molecule has 1 saturated heterocycles. The number of halogens is 1. The second-order valence-corrected chi connectivity index (χ2v) is 6.04. The molecule has 1 N–H and O–H groups in total. The van der Waals surface area contributed by atoms with E-state index in [2.05, 4.69) is 23.6 Å². The Hall–Kier alpha value is -1.13. The van der Waals surface area contributed by atoms with E-state index in [0.29, 0.717) is 17.2 Å². The maximum absolute atomic E-state index is 14.1. The van der Waals surface area contributed by atoms with Crippen LogP contribution in [0, 0.1) is 11.7 Å². The molecule has 1 aliphatic rings. The number of piperazine rings is 1. The molecule has 2 rings (SSSR count). The lowest BCUT2D eigenvalue weighted by Gasteiger charge is -2.38. The molecule has 3 nitrogen and oxygen atoms in total. The van der Waals surface area contributed by atoms with E-state index < -0.39 is 6.10 Å². The fourth-order valence-corrected chi connectivity index (χ4v) is 2.87. The molecule has 1 fully saturated rings. The largest absolute Gasteiger partial charge is 0.389 e. The number of rotatable bonds is 4. The summed E-state index contributed by atoms with van der Waals surface area (Å²) in [5.41, 5.74) is 1.26. The Morgan fingerprint density at radius 1 is 1.15 bits per heavy atom. The number of para-hydroxylation sites is 1. The van der Waals surface area contributed by atoms with E-state index in [1.807, 2.05) is 6.07 Å². The first kappa shape index (κ1) is 15.3. The van der Waals surface area contributed by atoms with Gasteiger partial charge in [0.05, 0.1) is 11.8 Å². The van der Waals surface area contributed by atoms with Gasteiger partial charge in [0.1, 0.15) is 5.82 Å². The molecule has 1 atom stereocenters. The third-order valence-electron chi connectivity index (χ3n) is 3.78. The molecule has 0 saturated carbocycles. The van der Waals surface area contributed by atoms with Crippen LogP contribution in [-0.4, -0.2) is 42.7 Å². The van der Waals surface area contributed by atoms with Gasteiger partial charge in [0, 0.05) is 38.3 Å². The van der Waals surface area contributed by atoms with Gasteiger partial charge in [-0.3, -0.25) is 4.90 Å². The summed E-state index contributed by atoms with van der Waals surface area (Å²) < 4.78 is 14.1. The molecule has 0 bridgehead atoms. The molecule has 1 aliphatic heterocycles. The van der Waals surface area contributed by atoms with E-state index in [1.54, 1.807) is 13.0 Å². The first-order valence-corrected chi connectivity index (χ1v) is 7.42. The molecule has 0 aromatic heterocycles. The molecule has 1 unspecified atom stereocenters. The molecule has 4 heteroatoms. The zero-order valence-electron chi connectivity index (χ0n) is 12.6. The first-order chi connectivity index (χ1) is 9.49. The summed E-state index contributed by atoms with van der Waals surface area (Å²) in [6.45, 7) is 10.7. The Morgan fingerprint density at radius 2 is 1.80 bits per heavy atom. The van der Waals surface area contributed by atoms with Gasteiger partial charge in [0.15, 0.2) is 0 Å². The predicted octanol–water partition coefficient (Wildman–Crippen LogP) is 2.66. The van der Waals surface area contributed by atoms with E-state index in [9.17, 15) is 9.50 Å². The number of aliphatic hydroxyl groups excluding tert-OH is 1. The summed E-state index contributed by atoms with van der Waals surface area (Å²) in [6.07, 6.45) is -0.644. The normalized spacial score (nSPS) is 18.6. The second kappa shape index (κ2) is 6.55. The zero-order chi connectivity index (χ0) is 14.7. The summed E-state index contributed by atoms with van der Waals surface area (Å²) in [7, 11) is 0. The van der Waals surface area contributed by atoms with Gasteiger partial charge in [-0.25, -0.2) is 4.39 Å². The van der Waals surface area contributed by atoms with Crippen LogP contribution in [0.3, 0.4) is 0 Å². The molecular formula is C16H25FN2O. The molecule has 0 aliphatic carbocycles. The van der Waals surface area contributed by atoms with E-state index >= 15 is 0 Å². The molecule has 1 aromatic rings. The molecule has 1 aromatic carbocycles. The van der Waals surface area contributed by atoms with E-state index in [-0.39, 0.29) is 5.82 Å². The van der Waals surface area contributed by atoms with Crippen LogP contribution in [0.4, 0.5) is 10.1 Å². The smallest absolute Gasteiger partial charge is 0.146 e. The topological polar surface area (TPSA) is 26.7 Å². The Bertz CT molecular complexity index is 440. The summed E-state index contributed by atoms with van der Waals surface area (Å²) >= 11 is 0. The lowest BCUT2D eigenvalue weighted by atomic mass is 10.1. The molecule has 0 radical (unpaired) electrons. The Morgan fingerprint density at radius 3 is 2.35 bits per heavy atom. The zero-order valence-corrected chi connectivity index (χ0v) is 12.6. The minimum absolute atomic E-state index is 0.235. The number of aliphatic hydroxyl groups is 1. The molecule has 0 spiro atoms. The van der Waals surface area contributed by atoms with Crippen molar-refractivity contribution < 1.29 is 9.50 Å². The number of nitrogens with zero attached hydrogens (tertiary/aromatic N) is 2. The fourth-order valence-electron chi connectivity index (χ4n) is 2.87. The average molecular weight is 280 g/mol. The Balaban J connectivity index is 2.11. The summed E-state index contributed by atoms with van der Waals surface area (Å²) in [6, 6.07) is 4.95. The second-order valence-electron chi connectivity index (χ2n) is 6.04. The van der Waals surface area contributed by atoms with Crippen LogP contribution in [0.5, 0.6) is 0 Å². The molecule has 0 amide bonds. The minimum Gasteiger partial charge on any atom is -0.389 e. The van der Waals surface area contributed by atoms with Gasteiger partial charge < -0.3 is 10.0 Å². The summed E-state index contributed by atoms with van der Waals surface area (Å²) in [5, 5.41) is 9.83. The van der Waals surface area contributed by atoms with E-state index in [0.717, 1.165) is 32.7 Å². The van der Waals surface area contributed by atoms with Crippen LogP contribution < -0.4 is 4.90 Å². The Labute approximate surface area is 121 Å². The van der Waals surface area contributed by atoms with E-state index in [1.165, 1.54) is 6.07 Å². The van der Waals surface area contributed by atoms with Crippen molar-refractivity contribution in [1.82, 2.24) is 4.90 Å². The Kier molecular flexibility index (Phi) is 5.00. The standard InChI is InChI=1S/C16H25FN2O/c1-12(2)11-18-7-9-19(10-8-18)16-14(13(3)20)5-4-6-15(16)17/h4-6,12-13,20H,7-11H2,1-3H3. The highest BCUT2D eigenvalue weighted by atomic mass is 19.1. The van der Waals surface area contributed by atoms with Crippen LogP contribution in [0.15, 0.2) is 18.2 Å². The quantitative estimate of drug-likeness (QED) is 0.918. The maximum Gasteiger partial charge on any atom is 0.146 e. The highest BCUT2D eigenvalue weighted by molar-refractivity contribution is 5.56. The molecule has 1 heterocycles. The first-order valence-electron chi connectivity index (χ1n) is 7.42. The fraction of sp³-hybridized carbons (Fsp3) is 0.625. The highest BCUT2D eigenvalue weighted by Crippen LogP contribution is 2.30. The lowest BCUT2D eigenvalue weighted by Crippen LogP contribution is -2.48. The molecule has 20 heavy (non-hydrogen) atoms. The third kappa shape index (κ3) is 3.49. The van der Waals surface area contributed by atoms with Crippen LogP contribution in [0.2, 0.25) is 0 Å². The van der Waals surface area contributed by atoms with Gasteiger partial charge >= 0.3 is 0 Å². The molecule has 112 valence electrons. The van der Waals surface area contributed by atoms with Crippen LogP contribution in [0.1, 0.15) is 32.4 Å². The number of hydrogen-bond donors (Lipinski definition) is 1. The van der Waals surface area contributed by atoms with Crippen LogP contribution in [0.25, 0.3) is 0 Å². The van der Waals surface area contributed by atoms with Gasteiger partial charge in [-0.1, -0.05) is 26.0 Å². The van der Waals surface area contributed by atoms with E-state index in [4.69, 9.17) is 0 Å². The predicted molar refractivity (Wildman–Crippen MR) is 80.5 cm³/mol. The van der Waals surface area contributed by atoms with Crippen molar-refractivity contribution >= 4 is 5.69 Å². The third-order valence-corrected chi connectivity index (χ3v) is 3.78. The van der Waals surface area contributed by atoms with Crippen molar-refractivity contribution in [2.75, 3.05) is 37.6 Å². The van der Waals surface area contributed by atoms with Crippen molar-refractivity contribution in [2.45, 2.75) is 26.9 Å². The monoisotopic (exact) mass is 280 g/mol. The number of benzene rings is 1. The van der Waals surface area contributed by atoms with Gasteiger partial charge in [-0.05, 0) is 18.9 Å². The van der Waals surface area contributed by atoms with Crippen molar-refractivity contribution in [3.63, 3.8) is 0 Å². The minimum atomic E-state index is -0.644. The maximum atomic E-state index is 14.1. The average Bonchev–Trinajstić information content (AvgIpc) is 2.39. The van der Waals surface area contributed by atoms with Crippen molar-refractivity contribution in [2.24, 2.45) is 5.92 Å². The van der Waals surface area contributed by atoms with Crippen LogP contribution >= 0.6 is 0 Å². The summed E-state index contributed by atoms with van der Waals surface area (Å²) in [4.78, 5) is 4.48.